The summed E-state index contributed by atoms with van der Waals surface area (Å²) in [5, 5.41) is 2.37. The van der Waals surface area contributed by atoms with E-state index >= 15 is 0 Å². The fourth-order valence-corrected chi connectivity index (χ4v) is 6.02. The lowest BCUT2D eigenvalue weighted by atomic mass is 10.1. The minimum atomic E-state index is -0.0805. The third kappa shape index (κ3) is 7.18. The smallest absolute Gasteiger partial charge is 0.266 e. The number of nitrogens with zero attached hydrogens (tertiary/aromatic N) is 2. The normalized spacial score (nSPS) is 15.7. The number of rotatable bonds is 8. The van der Waals surface area contributed by atoms with Crippen LogP contribution in [0.15, 0.2) is 64.5 Å². The Labute approximate surface area is 255 Å². The summed E-state index contributed by atoms with van der Waals surface area (Å²) < 4.78 is 12.5. The van der Waals surface area contributed by atoms with Crippen LogP contribution in [0.25, 0.3) is 6.08 Å². The first-order chi connectivity index (χ1) is 18.1. The maximum Gasteiger partial charge on any atom is 0.266 e. The number of carbonyl (C=O) groups excluding carboxylic acids is 1. The predicted octanol–water partition coefficient (Wildman–Crippen LogP) is 9.10. The van der Waals surface area contributed by atoms with Crippen LogP contribution in [-0.4, -0.2) is 29.6 Å². The van der Waals surface area contributed by atoms with Gasteiger partial charge in [-0.05, 0) is 100 Å². The third-order valence-corrected chi connectivity index (χ3v) is 8.07. The highest BCUT2D eigenvalue weighted by Gasteiger charge is 2.34. The van der Waals surface area contributed by atoms with E-state index in [9.17, 15) is 4.79 Å². The molecule has 3 aromatic rings. The Hall–Kier alpha value is -1.91. The maximum atomic E-state index is 13.4. The standard InChI is InChI=1S/C28H24Cl3IN2O3S/c1-16(2)14-34-27(35)25(38-28(34)33-21-8-6-19(29)7-9-21)12-17-10-23(32)26(24(11-17)36-3)37-15-18-4-5-20(30)13-22(18)31/h4-13,16H,14-15H2,1-3H3/b25-12-,33-28?. The summed E-state index contributed by atoms with van der Waals surface area (Å²) >= 11 is 21.9. The Morgan fingerprint density at radius 3 is 2.42 bits per heavy atom. The van der Waals surface area contributed by atoms with Gasteiger partial charge in [0.15, 0.2) is 16.7 Å². The van der Waals surface area contributed by atoms with E-state index in [0.717, 1.165) is 20.4 Å². The monoisotopic (exact) mass is 700 g/mol. The molecule has 198 valence electrons. The van der Waals surface area contributed by atoms with Crippen molar-refractivity contribution in [1.82, 2.24) is 4.90 Å². The number of methoxy groups -OCH3 is 1. The molecule has 1 saturated heterocycles. The fraction of sp³-hybridized carbons (Fsp3) is 0.214. The molecule has 0 saturated carbocycles. The Morgan fingerprint density at radius 1 is 1.05 bits per heavy atom. The van der Waals surface area contributed by atoms with E-state index in [1.54, 1.807) is 36.3 Å². The third-order valence-electron chi connectivity index (χ3n) is 5.42. The van der Waals surface area contributed by atoms with Crippen LogP contribution in [0, 0.1) is 9.49 Å². The van der Waals surface area contributed by atoms with Crippen molar-refractivity contribution in [2.24, 2.45) is 10.9 Å². The molecule has 0 bridgehead atoms. The molecular weight excluding hydrogens is 678 g/mol. The van der Waals surface area contributed by atoms with Crippen molar-refractivity contribution >= 4 is 92.0 Å². The number of halogens is 4. The van der Waals surface area contributed by atoms with E-state index in [0.29, 0.717) is 43.2 Å². The zero-order valence-corrected chi connectivity index (χ0v) is 26.0. The second kappa shape index (κ2) is 13.0. The number of hydrogen-bond acceptors (Lipinski definition) is 5. The summed E-state index contributed by atoms with van der Waals surface area (Å²) in [4.78, 5) is 20.4. The number of hydrogen-bond donors (Lipinski definition) is 0. The van der Waals surface area contributed by atoms with Gasteiger partial charge in [-0.1, -0.05) is 54.7 Å². The van der Waals surface area contributed by atoms with E-state index in [1.165, 1.54) is 11.8 Å². The van der Waals surface area contributed by atoms with Crippen LogP contribution >= 0.6 is 69.2 Å². The maximum absolute atomic E-state index is 13.4. The molecule has 0 aliphatic carbocycles. The molecule has 38 heavy (non-hydrogen) atoms. The quantitative estimate of drug-likeness (QED) is 0.174. The highest BCUT2D eigenvalue weighted by Crippen LogP contribution is 2.39. The van der Waals surface area contributed by atoms with Crippen molar-refractivity contribution in [2.75, 3.05) is 13.7 Å². The molecule has 0 N–H and O–H groups in total. The number of carbonyl (C=O) groups is 1. The second-order valence-corrected chi connectivity index (χ2v) is 12.3. The van der Waals surface area contributed by atoms with Crippen LogP contribution < -0.4 is 9.47 Å². The van der Waals surface area contributed by atoms with Crippen molar-refractivity contribution < 1.29 is 14.3 Å². The first-order valence-electron chi connectivity index (χ1n) is 11.6. The number of benzene rings is 3. The molecule has 1 aliphatic heterocycles. The van der Waals surface area contributed by atoms with Crippen molar-refractivity contribution in [3.8, 4) is 11.5 Å². The van der Waals surface area contributed by atoms with Gasteiger partial charge in [-0.3, -0.25) is 9.69 Å². The SMILES string of the molecule is COc1cc(/C=C2\SC(=Nc3ccc(Cl)cc3)N(CC(C)C)C2=O)cc(I)c1OCc1ccc(Cl)cc1Cl. The zero-order valence-electron chi connectivity index (χ0n) is 20.8. The Balaban J connectivity index is 1.61. The molecule has 1 heterocycles. The van der Waals surface area contributed by atoms with Crippen molar-refractivity contribution in [3.63, 3.8) is 0 Å². The highest BCUT2D eigenvalue weighted by atomic mass is 127. The first kappa shape index (κ1) is 29.1. The van der Waals surface area contributed by atoms with E-state index in [1.807, 2.05) is 36.4 Å². The lowest BCUT2D eigenvalue weighted by molar-refractivity contribution is -0.122. The lowest BCUT2D eigenvalue weighted by Gasteiger charge is -2.17. The van der Waals surface area contributed by atoms with Gasteiger partial charge in [-0.15, -0.1) is 0 Å². The molecular formula is C28H24Cl3IN2O3S. The summed E-state index contributed by atoms with van der Waals surface area (Å²) in [6, 6.07) is 16.3. The minimum Gasteiger partial charge on any atom is -0.493 e. The lowest BCUT2D eigenvalue weighted by Crippen LogP contribution is -2.32. The van der Waals surface area contributed by atoms with Gasteiger partial charge in [-0.25, -0.2) is 4.99 Å². The number of aliphatic imine (C=N–C) groups is 1. The Kier molecular flexibility index (Phi) is 9.92. The van der Waals surface area contributed by atoms with Gasteiger partial charge in [0, 0.05) is 27.2 Å². The summed E-state index contributed by atoms with van der Waals surface area (Å²) in [6.45, 7) is 4.97. The van der Waals surface area contributed by atoms with Crippen molar-refractivity contribution in [2.45, 2.75) is 20.5 Å². The molecule has 3 aromatic carbocycles. The topological polar surface area (TPSA) is 51.1 Å². The average Bonchev–Trinajstić information content (AvgIpc) is 3.13. The van der Waals surface area contributed by atoms with Gasteiger partial charge in [0.25, 0.3) is 5.91 Å². The number of thioether (sulfide) groups is 1. The van der Waals surface area contributed by atoms with Gasteiger partial charge in [-0.2, -0.15) is 0 Å². The number of ether oxygens (including phenoxy) is 2. The van der Waals surface area contributed by atoms with E-state index in [4.69, 9.17) is 49.3 Å². The van der Waals surface area contributed by atoms with Crippen LogP contribution in [0.5, 0.6) is 11.5 Å². The van der Waals surface area contributed by atoms with Crippen LogP contribution in [0.2, 0.25) is 15.1 Å². The van der Waals surface area contributed by atoms with Crippen molar-refractivity contribution in [3.05, 3.63) is 89.3 Å². The molecule has 0 atom stereocenters. The van der Waals surface area contributed by atoms with Gasteiger partial charge in [0.2, 0.25) is 0 Å². The van der Waals surface area contributed by atoms with Crippen molar-refractivity contribution in [1.29, 1.82) is 0 Å². The molecule has 1 aliphatic rings. The molecule has 1 fully saturated rings. The summed E-state index contributed by atoms with van der Waals surface area (Å²) in [6.07, 6.45) is 1.86. The molecule has 1 amide bonds. The predicted molar refractivity (Wildman–Crippen MR) is 167 cm³/mol. The van der Waals surface area contributed by atoms with Gasteiger partial charge in [0.05, 0.1) is 21.3 Å². The molecule has 0 unspecified atom stereocenters. The van der Waals surface area contributed by atoms with Gasteiger partial charge >= 0.3 is 0 Å². The molecule has 10 heteroatoms. The van der Waals surface area contributed by atoms with Crippen LogP contribution in [0.1, 0.15) is 25.0 Å². The van der Waals surface area contributed by atoms with Gasteiger partial charge in [0.1, 0.15) is 6.61 Å². The second-order valence-electron chi connectivity index (χ2n) is 8.85. The van der Waals surface area contributed by atoms with E-state index in [2.05, 4.69) is 36.4 Å². The fourth-order valence-electron chi connectivity index (χ4n) is 3.65. The van der Waals surface area contributed by atoms with E-state index < -0.39 is 0 Å². The molecule has 5 nitrogen and oxygen atoms in total. The van der Waals surface area contributed by atoms with Crippen LogP contribution in [0.4, 0.5) is 5.69 Å². The molecule has 4 rings (SSSR count). The van der Waals surface area contributed by atoms with Crippen LogP contribution in [0.3, 0.4) is 0 Å². The average molecular weight is 702 g/mol. The summed E-state index contributed by atoms with van der Waals surface area (Å²) in [5.74, 6) is 1.35. The number of amides is 1. The minimum absolute atomic E-state index is 0.0805. The zero-order chi connectivity index (χ0) is 27.4. The summed E-state index contributed by atoms with van der Waals surface area (Å²) in [7, 11) is 1.58. The largest absolute Gasteiger partial charge is 0.493 e. The highest BCUT2D eigenvalue weighted by molar-refractivity contribution is 14.1. The van der Waals surface area contributed by atoms with E-state index in [-0.39, 0.29) is 18.4 Å². The first-order valence-corrected chi connectivity index (χ1v) is 14.7. The molecule has 0 radical (unpaired) electrons. The van der Waals surface area contributed by atoms with Crippen LogP contribution in [-0.2, 0) is 11.4 Å². The summed E-state index contributed by atoms with van der Waals surface area (Å²) in [5.41, 5.74) is 2.36. The Morgan fingerprint density at radius 2 is 1.76 bits per heavy atom. The molecule has 0 spiro atoms. The Bertz CT molecular complexity index is 1410. The molecule has 0 aromatic heterocycles. The number of amidine groups is 1. The van der Waals surface area contributed by atoms with Gasteiger partial charge < -0.3 is 9.47 Å².